The minimum Gasteiger partial charge on any atom is -0.493 e. The number of rotatable bonds is 7. The van der Waals surface area contributed by atoms with E-state index >= 15 is 0 Å². The normalized spacial score (nSPS) is 18.7. The van der Waals surface area contributed by atoms with Crippen LogP contribution in [0.5, 0.6) is 5.75 Å². The summed E-state index contributed by atoms with van der Waals surface area (Å²) in [5.74, 6) is 2.88. The molecule has 3 aromatic rings. The maximum absolute atomic E-state index is 13.7. The Morgan fingerprint density at radius 3 is 2.74 bits per heavy atom. The van der Waals surface area contributed by atoms with Crippen molar-refractivity contribution in [1.82, 2.24) is 24.8 Å². The molecule has 1 fully saturated rings. The van der Waals surface area contributed by atoms with Crippen LogP contribution < -0.4 is 20.7 Å². The summed E-state index contributed by atoms with van der Waals surface area (Å²) in [5, 5.41) is 9.83. The number of carbonyl (C=O) groups excluding carboxylic acids is 1. The monoisotopic (exact) mass is 475 g/mol. The van der Waals surface area contributed by atoms with E-state index < -0.39 is 0 Å². The zero-order chi connectivity index (χ0) is 24.2. The van der Waals surface area contributed by atoms with Gasteiger partial charge in [0.05, 0.1) is 18.3 Å². The molecule has 0 radical (unpaired) electrons. The summed E-state index contributed by atoms with van der Waals surface area (Å²) in [7, 11) is 1.79. The quantitative estimate of drug-likeness (QED) is 0.474. The lowest BCUT2D eigenvalue weighted by atomic mass is 9.83. The van der Waals surface area contributed by atoms with Gasteiger partial charge in [0, 0.05) is 31.3 Å². The Kier molecular flexibility index (Phi) is 6.83. The van der Waals surface area contributed by atoms with Gasteiger partial charge in [-0.05, 0) is 31.7 Å². The third-order valence-electron chi connectivity index (χ3n) is 6.89. The van der Waals surface area contributed by atoms with Gasteiger partial charge in [0.2, 0.25) is 11.9 Å². The number of aryl methyl sites for hydroxylation is 1. The molecule has 184 valence electrons. The molecular weight excluding hydrogens is 442 g/mol. The third kappa shape index (κ3) is 5.23. The van der Waals surface area contributed by atoms with Gasteiger partial charge in [-0.25, -0.2) is 4.98 Å². The summed E-state index contributed by atoms with van der Waals surface area (Å²) >= 11 is 0. The lowest BCUT2D eigenvalue weighted by molar-refractivity contribution is -0.124. The molecule has 35 heavy (non-hydrogen) atoms. The maximum Gasteiger partial charge on any atom is 0.243 e. The maximum atomic E-state index is 13.7. The van der Waals surface area contributed by atoms with E-state index in [0.717, 1.165) is 49.1 Å². The van der Waals surface area contributed by atoms with Crippen molar-refractivity contribution in [2.24, 2.45) is 5.92 Å². The molecule has 9 nitrogen and oxygen atoms in total. The minimum atomic E-state index is -0.387. The van der Waals surface area contributed by atoms with Crippen LogP contribution in [-0.4, -0.2) is 45.1 Å². The largest absolute Gasteiger partial charge is 0.493 e. The smallest absolute Gasteiger partial charge is 0.243 e. The zero-order valence-corrected chi connectivity index (χ0v) is 20.3. The second-order valence-electron chi connectivity index (χ2n) is 9.36. The third-order valence-corrected chi connectivity index (χ3v) is 6.89. The van der Waals surface area contributed by atoms with E-state index in [-0.39, 0.29) is 23.9 Å². The van der Waals surface area contributed by atoms with Crippen molar-refractivity contribution < 1.29 is 9.53 Å². The lowest BCUT2D eigenvalue weighted by Crippen LogP contribution is -2.47. The summed E-state index contributed by atoms with van der Waals surface area (Å²) in [6.07, 6.45) is 9.94. The SMILES string of the molecule is CNc1nc(NC(C(=O)NC2CCOc3ccccc32)C2CCCCC2)cc(-n2cnc(C)c2)n1. The first kappa shape index (κ1) is 23.1. The summed E-state index contributed by atoms with van der Waals surface area (Å²) in [4.78, 5) is 27.2. The average Bonchev–Trinajstić information content (AvgIpc) is 3.34. The van der Waals surface area contributed by atoms with Gasteiger partial charge in [0.25, 0.3) is 0 Å². The lowest BCUT2D eigenvalue weighted by Gasteiger charge is -2.33. The van der Waals surface area contributed by atoms with Crippen molar-refractivity contribution in [3.8, 4) is 11.6 Å². The first-order valence-corrected chi connectivity index (χ1v) is 12.5. The number of benzene rings is 1. The molecule has 2 atom stereocenters. The van der Waals surface area contributed by atoms with Gasteiger partial charge in [-0.15, -0.1) is 0 Å². The van der Waals surface area contributed by atoms with Crippen molar-refractivity contribution in [1.29, 1.82) is 0 Å². The van der Waals surface area contributed by atoms with Gasteiger partial charge < -0.3 is 20.7 Å². The zero-order valence-electron chi connectivity index (χ0n) is 20.3. The molecule has 1 aromatic carbocycles. The van der Waals surface area contributed by atoms with Gasteiger partial charge in [-0.1, -0.05) is 37.5 Å². The number of nitrogens with zero attached hydrogens (tertiary/aromatic N) is 4. The standard InChI is InChI=1S/C26H33N7O2/c1-17-15-33(16-28-17)23-14-22(31-26(27-2)32-23)30-24(18-8-4-3-5-9-18)25(34)29-20-12-13-35-21-11-7-6-10-19(20)21/h6-7,10-11,14-16,18,20,24H,3-5,8-9,12-13H2,1-2H3,(H,29,34)(H2,27,30,31,32). The molecule has 2 aliphatic rings. The average molecular weight is 476 g/mol. The molecule has 1 aliphatic carbocycles. The topological polar surface area (TPSA) is 106 Å². The van der Waals surface area contributed by atoms with Gasteiger partial charge in [-0.2, -0.15) is 9.97 Å². The molecule has 9 heteroatoms. The van der Waals surface area contributed by atoms with Gasteiger partial charge in [0.1, 0.15) is 29.8 Å². The number of nitrogens with one attached hydrogen (secondary N) is 3. The van der Waals surface area contributed by atoms with Crippen molar-refractivity contribution >= 4 is 17.7 Å². The predicted octanol–water partition coefficient (Wildman–Crippen LogP) is 4.01. The van der Waals surface area contributed by atoms with Crippen molar-refractivity contribution in [3.05, 3.63) is 54.1 Å². The van der Waals surface area contributed by atoms with Crippen LogP contribution >= 0.6 is 0 Å². The number of imidazole rings is 1. The Morgan fingerprint density at radius 2 is 1.97 bits per heavy atom. The van der Waals surface area contributed by atoms with Crippen LogP contribution in [-0.2, 0) is 4.79 Å². The van der Waals surface area contributed by atoms with Gasteiger partial charge in [0.15, 0.2) is 0 Å². The Morgan fingerprint density at radius 1 is 1.14 bits per heavy atom. The Balaban J connectivity index is 1.41. The molecule has 1 aliphatic heterocycles. The number of ether oxygens (including phenoxy) is 1. The number of para-hydroxylation sites is 1. The molecule has 0 saturated heterocycles. The highest BCUT2D eigenvalue weighted by molar-refractivity contribution is 5.85. The van der Waals surface area contributed by atoms with E-state index in [1.165, 1.54) is 6.42 Å². The van der Waals surface area contributed by atoms with E-state index in [1.54, 1.807) is 13.4 Å². The molecule has 2 unspecified atom stereocenters. The summed E-state index contributed by atoms with van der Waals surface area (Å²) in [6, 6.07) is 9.36. The van der Waals surface area contributed by atoms with Crippen molar-refractivity contribution in [2.45, 2.75) is 57.5 Å². The highest BCUT2D eigenvalue weighted by Gasteiger charge is 2.33. The Hall–Kier alpha value is -3.62. The fourth-order valence-electron chi connectivity index (χ4n) is 5.08. The highest BCUT2D eigenvalue weighted by atomic mass is 16.5. The Bertz CT molecular complexity index is 1170. The summed E-state index contributed by atoms with van der Waals surface area (Å²) in [6.45, 7) is 2.53. The summed E-state index contributed by atoms with van der Waals surface area (Å²) < 4.78 is 7.65. The number of fused-ring (bicyclic) bond motifs is 1. The molecule has 1 saturated carbocycles. The summed E-state index contributed by atoms with van der Waals surface area (Å²) in [5.41, 5.74) is 1.94. The van der Waals surface area contributed by atoms with Crippen molar-refractivity contribution in [2.75, 3.05) is 24.3 Å². The van der Waals surface area contributed by atoms with Crippen molar-refractivity contribution in [3.63, 3.8) is 0 Å². The fraction of sp³-hybridized carbons (Fsp3) is 0.462. The number of hydrogen-bond acceptors (Lipinski definition) is 7. The molecule has 2 aromatic heterocycles. The van der Waals surface area contributed by atoms with E-state index in [9.17, 15) is 4.79 Å². The second kappa shape index (κ2) is 10.3. The molecule has 3 heterocycles. The molecule has 0 spiro atoms. The number of carbonyl (C=O) groups is 1. The van der Waals surface area contributed by atoms with E-state index in [1.807, 2.05) is 48.0 Å². The van der Waals surface area contributed by atoms with Gasteiger partial charge in [-0.3, -0.25) is 9.36 Å². The molecule has 5 rings (SSSR count). The first-order chi connectivity index (χ1) is 17.1. The molecular formula is C26H33N7O2. The van der Waals surface area contributed by atoms with Crippen LogP contribution in [0.1, 0.15) is 55.8 Å². The van der Waals surface area contributed by atoms with Crippen LogP contribution in [0.3, 0.4) is 0 Å². The highest BCUT2D eigenvalue weighted by Crippen LogP contribution is 2.33. The van der Waals surface area contributed by atoms with E-state index in [2.05, 4.69) is 30.9 Å². The fourth-order valence-corrected chi connectivity index (χ4v) is 5.08. The first-order valence-electron chi connectivity index (χ1n) is 12.5. The van der Waals surface area contributed by atoms with E-state index in [4.69, 9.17) is 4.74 Å². The van der Waals surface area contributed by atoms with Gasteiger partial charge >= 0.3 is 0 Å². The van der Waals surface area contributed by atoms with Crippen LogP contribution in [0.25, 0.3) is 5.82 Å². The van der Waals surface area contributed by atoms with E-state index in [0.29, 0.717) is 24.2 Å². The molecule has 3 N–H and O–H groups in total. The number of aromatic nitrogens is 4. The van der Waals surface area contributed by atoms with Crippen LogP contribution in [0.4, 0.5) is 11.8 Å². The number of anilines is 2. The second-order valence-corrected chi connectivity index (χ2v) is 9.36. The minimum absolute atomic E-state index is 0.00301. The molecule has 1 amide bonds. The predicted molar refractivity (Wildman–Crippen MR) is 135 cm³/mol. The number of amides is 1. The van der Waals surface area contributed by atoms with Crippen LogP contribution in [0, 0.1) is 12.8 Å². The molecule has 0 bridgehead atoms. The number of hydrogen-bond donors (Lipinski definition) is 3. The Labute approximate surface area is 205 Å². The van der Waals surface area contributed by atoms with Crippen LogP contribution in [0.15, 0.2) is 42.9 Å². The van der Waals surface area contributed by atoms with Crippen LogP contribution in [0.2, 0.25) is 0 Å².